The lowest BCUT2D eigenvalue weighted by Gasteiger charge is -2.33. The Morgan fingerprint density at radius 3 is 2.37 bits per heavy atom. The largest absolute Gasteiger partial charge is 0.319 e. The van der Waals surface area contributed by atoms with Gasteiger partial charge in [0.1, 0.15) is 5.15 Å². The number of hydrogen-bond donors (Lipinski definition) is 0. The summed E-state index contributed by atoms with van der Waals surface area (Å²) in [6.45, 7) is 1.81. The summed E-state index contributed by atoms with van der Waals surface area (Å²) in [6.07, 6.45) is 0.939. The van der Waals surface area contributed by atoms with E-state index in [1.54, 1.807) is 18.3 Å². The molecular weight excluding hydrogens is 287 g/mol. The third-order valence-corrected chi connectivity index (χ3v) is 3.31. The van der Waals surface area contributed by atoms with Crippen LogP contribution in [0.1, 0.15) is 18.8 Å². The highest BCUT2D eigenvalue weighted by Gasteiger charge is 2.31. The molecule has 1 aliphatic rings. The molecule has 0 amide bonds. The summed E-state index contributed by atoms with van der Waals surface area (Å²) in [5.41, 5.74) is 1.49. The highest BCUT2D eigenvalue weighted by molar-refractivity contribution is 6.30. The van der Waals surface area contributed by atoms with Crippen molar-refractivity contribution < 1.29 is 9.47 Å². The molecule has 1 saturated heterocycles. The van der Waals surface area contributed by atoms with Gasteiger partial charge in [-0.3, -0.25) is 0 Å². The number of ether oxygens (including phenoxy) is 2. The van der Waals surface area contributed by atoms with Crippen molar-refractivity contribution in [3.05, 3.63) is 46.2 Å². The Labute approximate surface area is 120 Å². The molecule has 1 fully saturated rings. The molecule has 0 spiro atoms. The van der Waals surface area contributed by atoms with Crippen molar-refractivity contribution in [3.63, 3.8) is 0 Å². The summed E-state index contributed by atoms with van der Waals surface area (Å²) in [5, 5.41) is 0.994. The Hall–Kier alpha value is -1.20. The van der Waals surface area contributed by atoms with Crippen LogP contribution in [0, 0.1) is 0 Å². The predicted octanol–water partition coefficient (Wildman–Crippen LogP) is 3.84. The van der Waals surface area contributed by atoms with Crippen molar-refractivity contribution >= 4 is 23.2 Å². The maximum Gasteiger partial charge on any atom is 0.194 e. The van der Waals surface area contributed by atoms with Crippen molar-refractivity contribution in [3.8, 4) is 11.4 Å². The fourth-order valence-electron chi connectivity index (χ4n) is 1.77. The van der Waals surface area contributed by atoms with E-state index in [0.717, 1.165) is 5.56 Å². The van der Waals surface area contributed by atoms with Crippen LogP contribution in [-0.4, -0.2) is 16.3 Å². The lowest BCUT2D eigenvalue weighted by molar-refractivity contribution is -0.382. The van der Waals surface area contributed by atoms with Gasteiger partial charge in [-0.2, -0.15) is 0 Å². The number of rotatable bonds is 2. The smallest absolute Gasteiger partial charge is 0.194 e. The molecule has 19 heavy (non-hydrogen) atoms. The fourth-order valence-corrected chi connectivity index (χ4v) is 2.12. The Morgan fingerprint density at radius 2 is 1.79 bits per heavy atom. The Kier molecular flexibility index (Phi) is 3.41. The second-order valence-corrected chi connectivity index (χ2v) is 4.91. The quantitative estimate of drug-likeness (QED) is 0.790. The monoisotopic (exact) mass is 296 g/mol. The van der Waals surface area contributed by atoms with Gasteiger partial charge in [-0.15, -0.1) is 0 Å². The SMILES string of the molecule is CC1OC(c2cnc(-c3ccc(Cl)cc3)nc2Cl)O1. The van der Waals surface area contributed by atoms with Gasteiger partial charge in [0.25, 0.3) is 0 Å². The summed E-state index contributed by atoms with van der Waals surface area (Å²) < 4.78 is 10.7. The van der Waals surface area contributed by atoms with Gasteiger partial charge in [0.05, 0.1) is 5.56 Å². The second-order valence-electron chi connectivity index (χ2n) is 4.12. The normalized spacial score (nSPS) is 22.1. The van der Waals surface area contributed by atoms with E-state index in [1.807, 2.05) is 19.1 Å². The fraction of sp³-hybridized carbons (Fsp3) is 0.231. The van der Waals surface area contributed by atoms with Crippen LogP contribution >= 0.6 is 23.2 Å². The van der Waals surface area contributed by atoms with Crippen molar-refractivity contribution in [2.75, 3.05) is 0 Å². The molecule has 0 aliphatic carbocycles. The lowest BCUT2D eigenvalue weighted by Crippen LogP contribution is -2.32. The molecule has 0 unspecified atom stereocenters. The summed E-state index contributed by atoms with van der Waals surface area (Å²) in [5.74, 6) is 0.540. The molecule has 2 aromatic rings. The van der Waals surface area contributed by atoms with Crippen molar-refractivity contribution in [1.82, 2.24) is 9.97 Å². The second kappa shape index (κ2) is 5.06. The zero-order chi connectivity index (χ0) is 13.4. The molecule has 2 heterocycles. The first-order chi connectivity index (χ1) is 9.13. The maximum absolute atomic E-state index is 6.13. The molecule has 1 aromatic carbocycles. The lowest BCUT2D eigenvalue weighted by atomic mass is 10.2. The average molecular weight is 297 g/mol. The van der Waals surface area contributed by atoms with Gasteiger partial charge in [-0.05, 0) is 31.2 Å². The van der Waals surface area contributed by atoms with Gasteiger partial charge in [-0.25, -0.2) is 9.97 Å². The molecule has 0 N–H and O–H groups in total. The minimum absolute atomic E-state index is 0.211. The molecule has 0 bridgehead atoms. The molecule has 4 nitrogen and oxygen atoms in total. The maximum atomic E-state index is 6.13. The summed E-state index contributed by atoms with van der Waals surface area (Å²) in [4.78, 5) is 8.52. The first-order valence-electron chi connectivity index (χ1n) is 5.73. The molecule has 0 radical (unpaired) electrons. The van der Waals surface area contributed by atoms with Crippen LogP contribution in [0.4, 0.5) is 0 Å². The highest BCUT2D eigenvalue weighted by atomic mass is 35.5. The third kappa shape index (κ3) is 2.58. The molecule has 1 aliphatic heterocycles. The Balaban J connectivity index is 1.88. The zero-order valence-electron chi connectivity index (χ0n) is 10.0. The van der Waals surface area contributed by atoms with Crippen LogP contribution in [-0.2, 0) is 9.47 Å². The van der Waals surface area contributed by atoms with E-state index in [9.17, 15) is 0 Å². The minimum atomic E-state index is -0.471. The molecule has 98 valence electrons. The first kappa shape index (κ1) is 12.8. The van der Waals surface area contributed by atoms with E-state index < -0.39 is 6.29 Å². The number of halogens is 2. The number of nitrogens with zero attached hydrogens (tertiary/aromatic N) is 2. The first-order valence-corrected chi connectivity index (χ1v) is 6.48. The van der Waals surface area contributed by atoms with Crippen LogP contribution < -0.4 is 0 Å². The predicted molar refractivity (Wildman–Crippen MR) is 71.9 cm³/mol. The molecule has 1 aromatic heterocycles. The Morgan fingerprint density at radius 1 is 1.11 bits per heavy atom. The number of benzene rings is 1. The van der Waals surface area contributed by atoms with E-state index in [1.165, 1.54) is 0 Å². The van der Waals surface area contributed by atoms with E-state index >= 15 is 0 Å². The van der Waals surface area contributed by atoms with Crippen LogP contribution in [0.15, 0.2) is 30.5 Å². The molecule has 0 saturated carbocycles. The summed E-state index contributed by atoms with van der Waals surface area (Å²) in [7, 11) is 0. The van der Waals surface area contributed by atoms with E-state index in [2.05, 4.69) is 9.97 Å². The van der Waals surface area contributed by atoms with E-state index in [4.69, 9.17) is 32.7 Å². The number of hydrogen-bond acceptors (Lipinski definition) is 4. The van der Waals surface area contributed by atoms with Crippen LogP contribution in [0.2, 0.25) is 10.2 Å². The van der Waals surface area contributed by atoms with Gasteiger partial charge in [0, 0.05) is 16.8 Å². The highest BCUT2D eigenvalue weighted by Crippen LogP contribution is 2.34. The Bertz CT molecular complexity index is 598. The summed E-state index contributed by atoms with van der Waals surface area (Å²) in [6, 6.07) is 7.24. The molecule has 6 heteroatoms. The number of aromatic nitrogens is 2. The van der Waals surface area contributed by atoms with Gasteiger partial charge >= 0.3 is 0 Å². The van der Waals surface area contributed by atoms with Crippen molar-refractivity contribution in [2.24, 2.45) is 0 Å². The standard InChI is InChI=1S/C13H10Cl2N2O2/c1-7-18-13(19-7)10-6-16-12(17-11(10)15)8-2-4-9(14)5-3-8/h2-7,13H,1H3. The molecular formula is C13H10Cl2N2O2. The van der Waals surface area contributed by atoms with Gasteiger partial charge < -0.3 is 9.47 Å². The van der Waals surface area contributed by atoms with Crippen molar-refractivity contribution in [1.29, 1.82) is 0 Å². The van der Waals surface area contributed by atoms with Crippen LogP contribution in [0.3, 0.4) is 0 Å². The topological polar surface area (TPSA) is 44.2 Å². The van der Waals surface area contributed by atoms with Gasteiger partial charge in [0.2, 0.25) is 0 Å². The summed E-state index contributed by atoms with van der Waals surface area (Å²) >= 11 is 12.0. The van der Waals surface area contributed by atoms with Gasteiger partial charge in [0.15, 0.2) is 18.4 Å². The molecule has 3 rings (SSSR count). The van der Waals surface area contributed by atoms with Crippen LogP contribution in [0.5, 0.6) is 0 Å². The average Bonchev–Trinajstić information content (AvgIpc) is 2.36. The molecule has 0 atom stereocenters. The van der Waals surface area contributed by atoms with E-state index in [-0.39, 0.29) is 6.29 Å². The minimum Gasteiger partial charge on any atom is -0.319 e. The van der Waals surface area contributed by atoms with Gasteiger partial charge in [-0.1, -0.05) is 23.2 Å². The van der Waals surface area contributed by atoms with Crippen LogP contribution in [0.25, 0.3) is 11.4 Å². The zero-order valence-corrected chi connectivity index (χ0v) is 11.5. The van der Waals surface area contributed by atoms with E-state index in [0.29, 0.717) is 21.6 Å². The van der Waals surface area contributed by atoms with Crippen molar-refractivity contribution in [2.45, 2.75) is 19.5 Å². The third-order valence-electron chi connectivity index (χ3n) is 2.76.